The molecule has 5 nitrogen and oxygen atoms in total. The molecule has 0 aliphatic rings. The first-order chi connectivity index (χ1) is 6.86. The molecule has 1 amide bonds. The highest BCUT2D eigenvalue weighted by Crippen LogP contribution is 2.13. The van der Waals surface area contributed by atoms with E-state index in [1.54, 1.807) is 6.92 Å². The fourth-order valence-electron chi connectivity index (χ4n) is 1.18. The summed E-state index contributed by atoms with van der Waals surface area (Å²) in [6, 6.07) is -0.428. The molecular formula is C10H22N2O3. The molecule has 0 radical (unpaired) electrons. The van der Waals surface area contributed by atoms with Crippen LogP contribution < -0.4 is 11.1 Å². The van der Waals surface area contributed by atoms with E-state index in [0.717, 1.165) is 0 Å². The van der Waals surface area contributed by atoms with Crippen molar-refractivity contribution >= 4 is 5.91 Å². The van der Waals surface area contributed by atoms with Crippen LogP contribution in [-0.2, 0) is 4.79 Å². The number of hydrogen-bond acceptors (Lipinski definition) is 4. The molecule has 0 aliphatic heterocycles. The van der Waals surface area contributed by atoms with Gasteiger partial charge in [-0.15, -0.1) is 0 Å². The summed E-state index contributed by atoms with van der Waals surface area (Å²) >= 11 is 0. The van der Waals surface area contributed by atoms with Gasteiger partial charge in [0.05, 0.1) is 19.3 Å². The van der Waals surface area contributed by atoms with E-state index in [0.29, 0.717) is 6.54 Å². The van der Waals surface area contributed by atoms with Crippen LogP contribution in [0, 0.1) is 11.3 Å². The fraction of sp³-hybridized carbons (Fsp3) is 0.900. The summed E-state index contributed by atoms with van der Waals surface area (Å²) in [5.41, 5.74) is 4.60. The van der Waals surface area contributed by atoms with Gasteiger partial charge in [-0.3, -0.25) is 4.79 Å². The molecule has 0 aromatic rings. The Kier molecular flexibility index (Phi) is 5.79. The predicted octanol–water partition coefficient (Wildman–Crippen LogP) is -0.923. The second-order valence-electron chi connectivity index (χ2n) is 4.63. The van der Waals surface area contributed by atoms with Crippen LogP contribution in [0.25, 0.3) is 0 Å². The number of rotatable bonds is 7. The Hall–Kier alpha value is -0.650. The van der Waals surface area contributed by atoms with Crippen molar-refractivity contribution in [1.29, 1.82) is 0 Å². The lowest BCUT2D eigenvalue weighted by Crippen LogP contribution is -2.50. The van der Waals surface area contributed by atoms with Gasteiger partial charge in [-0.05, 0) is 5.92 Å². The number of aliphatic hydroxyl groups excluding tert-OH is 2. The van der Waals surface area contributed by atoms with Gasteiger partial charge < -0.3 is 21.3 Å². The number of nitrogens with one attached hydrogen (secondary N) is 1. The standard InChI is InChI=1S/C10H22N2O3/c1-7(2)8(9(11)15)12-4-10(3,5-13)6-14/h7-8,12-14H,4-6H2,1-3H3,(H2,11,15). The Labute approximate surface area is 90.7 Å². The summed E-state index contributed by atoms with van der Waals surface area (Å²) in [7, 11) is 0. The second-order valence-corrected chi connectivity index (χ2v) is 4.63. The molecule has 0 bridgehead atoms. The van der Waals surface area contributed by atoms with Crippen molar-refractivity contribution in [3.8, 4) is 0 Å². The fourth-order valence-corrected chi connectivity index (χ4v) is 1.18. The molecule has 1 unspecified atom stereocenters. The van der Waals surface area contributed by atoms with Gasteiger partial charge in [-0.25, -0.2) is 0 Å². The van der Waals surface area contributed by atoms with Gasteiger partial charge in [0, 0.05) is 12.0 Å². The molecule has 1 atom stereocenters. The molecule has 0 rings (SSSR count). The van der Waals surface area contributed by atoms with Crippen LogP contribution in [0.3, 0.4) is 0 Å². The van der Waals surface area contributed by atoms with E-state index >= 15 is 0 Å². The zero-order valence-electron chi connectivity index (χ0n) is 9.66. The van der Waals surface area contributed by atoms with Gasteiger partial charge in [0.25, 0.3) is 0 Å². The van der Waals surface area contributed by atoms with Crippen LogP contribution in [0.4, 0.5) is 0 Å². The van der Waals surface area contributed by atoms with Crippen molar-refractivity contribution in [1.82, 2.24) is 5.32 Å². The molecular weight excluding hydrogens is 196 g/mol. The first-order valence-electron chi connectivity index (χ1n) is 5.10. The van der Waals surface area contributed by atoms with E-state index in [1.165, 1.54) is 0 Å². The van der Waals surface area contributed by atoms with Crippen molar-refractivity contribution < 1.29 is 15.0 Å². The average Bonchev–Trinajstić information content (AvgIpc) is 2.16. The summed E-state index contributed by atoms with van der Waals surface area (Å²) in [6.07, 6.45) is 0. The second kappa shape index (κ2) is 6.05. The van der Waals surface area contributed by atoms with Crippen LogP contribution in [0.5, 0.6) is 0 Å². The third-order valence-electron chi connectivity index (χ3n) is 2.49. The molecule has 0 saturated carbocycles. The van der Waals surface area contributed by atoms with E-state index in [9.17, 15) is 4.79 Å². The van der Waals surface area contributed by atoms with Crippen LogP contribution in [0.1, 0.15) is 20.8 Å². The van der Waals surface area contributed by atoms with Crippen molar-refractivity contribution in [2.75, 3.05) is 19.8 Å². The van der Waals surface area contributed by atoms with Crippen molar-refractivity contribution in [3.63, 3.8) is 0 Å². The number of nitrogens with two attached hydrogens (primary N) is 1. The molecule has 0 aromatic carbocycles. The minimum Gasteiger partial charge on any atom is -0.396 e. The number of carbonyl (C=O) groups is 1. The normalized spacial score (nSPS) is 14.3. The van der Waals surface area contributed by atoms with E-state index in [-0.39, 0.29) is 19.1 Å². The average molecular weight is 218 g/mol. The third kappa shape index (κ3) is 4.59. The molecule has 15 heavy (non-hydrogen) atoms. The van der Waals surface area contributed by atoms with E-state index < -0.39 is 17.4 Å². The van der Waals surface area contributed by atoms with Gasteiger partial charge in [-0.2, -0.15) is 0 Å². The maximum atomic E-state index is 11.1. The molecule has 0 aliphatic carbocycles. The third-order valence-corrected chi connectivity index (χ3v) is 2.49. The number of hydrogen-bond donors (Lipinski definition) is 4. The minimum atomic E-state index is -0.622. The molecule has 0 heterocycles. The van der Waals surface area contributed by atoms with E-state index in [4.69, 9.17) is 15.9 Å². The van der Waals surface area contributed by atoms with Gasteiger partial charge >= 0.3 is 0 Å². The number of amides is 1. The van der Waals surface area contributed by atoms with Gasteiger partial charge in [0.1, 0.15) is 0 Å². The largest absolute Gasteiger partial charge is 0.396 e. The van der Waals surface area contributed by atoms with E-state index in [1.807, 2.05) is 13.8 Å². The summed E-state index contributed by atoms with van der Waals surface area (Å²) in [5.74, 6) is -0.327. The molecule has 0 fully saturated rings. The van der Waals surface area contributed by atoms with Gasteiger partial charge in [0.15, 0.2) is 0 Å². The zero-order chi connectivity index (χ0) is 12.1. The molecule has 0 saturated heterocycles. The molecule has 0 aromatic heterocycles. The maximum absolute atomic E-state index is 11.1. The quantitative estimate of drug-likeness (QED) is 0.444. The number of primary amides is 1. The van der Waals surface area contributed by atoms with Crippen molar-refractivity contribution in [2.45, 2.75) is 26.8 Å². The van der Waals surface area contributed by atoms with Crippen molar-refractivity contribution in [3.05, 3.63) is 0 Å². The number of aliphatic hydroxyl groups is 2. The Morgan fingerprint density at radius 2 is 1.87 bits per heavy atom. The summed E-state index contributed by atoms with van der Waals surface area (Å²) in [6.45, 7) is 5.58. The SMILES string of the molecule is CC(C)C(NCC(C)(CO)CO)C(N)=O. The summed E-state index contributed by atoms with van der Waals surface area (Å²) in [4.78, 5) is 11.1. The number of carbonyl (C=O) groups excluding carboxylic acids is 1. The topological polar surface area (TPSA) is 95.6 Å². The molecule has 5 N–H and O–H groups in total. The Morgan fingerprint density at radius 1 is 1.40 bits per heavy atom. The zero-order valence-corrected chi connectivity index (χ0v) is 9.66. The summed E-state index contributed by atoms with van der Waals surface area (Å²) in [5, 5.41) is 21.1. The van der Waals surface area contributed by atoms with Crippen LogP contribution in [0.2, 0.25) is 0 Å². The predicted molar refractivity (Wildman–Crippen MR) is 58.1 cm³/mol. The highest BCUT2D eigenvalue weighted by Gasteiger charge is 2.26. The smallest absolute Gasteiger partial charge is 0.234 e. The lowest BCUT2D eigenvalue weighted by atomic mass is 9.92. The highest BCUT2D eigenvalue weighted by molar-refractivity contribution is 5.80. The van der Waals surface area contributed by atoms with Crippen LogP contribution in [-0.4, -0.2) is 41.9 Å². The first kappa shape index (κ1) is 14.3. The Bertz CT molecular complexity index is 203. The lowest BCUT2D eigenvalue weighted by molar-refractivity contribution is -0.121. The summed E-state index contributed by atoms with van der Waals surface area (Å²) < 4.78 is 0. The van der Waals surface area contributed by atoms with Crippen molar-refractivity contribution in [2.24, 2.45) is 17.1 Å². The lowest BCUT2D eigenvalue weighted by Gasteiger charge is -2.28. The Morgan fingerprint density at radius 3 is 2.13 bits per heavy atom. The molecule has 0 spiro atoms. The monoisotopic (exact) mass is 218 g/mol. The highest BCUT2D eigenvalue weighted by atomic mass is 16.3. The van der Waals surface area contributed by atoms with Gasteiger partial charge in [-0.1, -0.05) is 20.8 Å². The molecule has 90 valence electrons. The minimum absolute atomic E-state index is 0.0872. The molecule has 5 heteroatoms. The van der Waals surface area contributed by atoms with Crippen LogP contribution >= 0.6 is 0 Å². The van der Waals surface area contributed by atoms with E-state index in [2.05, 4.69) is 5.32 Å². The maximum Gasteiger partial charge on any atom is 0.234 e. The first-order valence-corrected chi connectivity index (χ1v) is 5.10. The Balaban J connectivity index is 4.27. The van der Waals surface area contributed by atoms with Crippen LogP contribution in [0.15, 0.2) is 0 Å². The van der Waals surface area contributed by atoms with Gasteiger partial charge in [0.2, 0.25) is 5.91 Å².